The summed E-state index contributed by atoms with van der Waals surface area (Å²) in [5.41, 5.74) is 3.99. The Hall–Kier alpha value is -6.04. The summed E-state index contributed by atoms with van der Waals surface area (Å²) in [6.45, 7) is 14.7. The lowest BCUT2D eigenvalue weighted by molar-refractivity contribution is -0.164. The van der Waals surface area contributed by atoms with Gasteiger partial charge in [-0.15, -0.1) is 11.3 Å². The van der Waals surface area contributed by atoms with E-state index in [0.29, 0.717) is 40.7 Å². The predicted octanol–water partition coefficient (Wildman–Crippen LogP) is 7.23. The van der Waals surface area contributed by atoms with E-state index in [1.165, 1.54) is 16.2 Å². The number of hydrogen-bond acceptors (Lipinski definition) is 12. The van der Waals surface area contributed by atoms with E-state index in [4.69, 9.17) is 21.1 Å². The zero-order chi connectivity index (χ0) is 49.4. The molecule has 1 saturated heterocycles. The van der Waals surface area contributed by atoms with Crippen LogP contribution in [0.5, 0.6) is 5.75 Å². The fourth-order valence-corrected chi connectivity index (χ4v) is 10.3. The van der Waals surface area contributed by atoms with Crippen LogP contribution in [0.3, 0.4) is 0 Å². The Morgan fingerprint density at radius 3 is 2.32 bits per heavy atom. The van der Waals surface area contributed by atoms with E-state index in [-0.39, 0.29) is 55.0 Å². The van der Waals surface area contributed by atoms with Gasteiger partial charge in [-0.25, -0.2) is 4.98 Å². The molecule has 6 rings (SSSR count). The third kappa shape index (κ3) is 12.2. The molecule has 0 spiro atoms. The van der Waals surface area contributed by atoms with Crippen molar-refractivity contribution in [2.75, 3.05) is 31.6 Å². The van der Waals surface area contributed by atoms with Gasteiger partial charge in [-0.2, -0.15) is 10.5 Å². The van der Waals surface area contributed by atoms with Crippen molar-refractivity contribution in [3.8, 4) is 28.3 Å². The molecule has 1 aliphatic carbocycles. The SMILES string of the molecule is CC(C)(C)C(NC(=O)COCCCCCNc1ccc(C(=O)NC2C(C)(C)C(Oc3ccc(C#N)c(Cl)c3)C2(C)C)cc1)C(=O)N1C[C@H](O)C[C@H]1C(=O)NCc1ccc(-c2scnc2C#N)cc1. The minimum atomic E-state index is -0.969. The molecule has 17 heteroatoms. The number of aliphatic hydroxyl groups is 1. The molecule has 0 bridgehead atoms. The third-order valence-corrected chi connectivity index (χ3v) is 13.9. The van der Waals surface area contributed by atoms with Crippen LogP contribution in [0.25, 0.3) is 10.4 Å². The molecule has 360 valence electrons. The molecule has 4 aromatic rings. The Labute approximate surface area is 407 Å². The van der Waals surface area contributed by atoms with Gasteiger partial charge in [0.25, 0.3) is 5.91 Å². The van der Waals surface area contributed by atoms with Crippen molar-refractivity contribution in [2.45, 2.75) is 111 Å². The first-order valence-corrected chi connectivity index (χ1v) is 24.1. The van der Waals surface area contributed by atoms with Gasteiger partial charge >= 0.3 is 0 Å². The Kier molecular flexibility index (Phi) is 16.6. The summed E-state index contributed by atoms with van der Waals surface area (Å²) in [4.78, 5) is 60.0. The summed E-state index contributed by atoms with van der Waals surface area (Å²) in [6.07, 6.45) is 1.39. The van der Waals surface area contributed by atoms with E-state index in [1.807, 2.05) is 57.2 Å². The molecule has 1 saturated carbocycles. The lowest BCUT2D eigenvalue weighted by Crippen LogP contribution is -2.74. The van der Waals surface area contributed by atoms with Gasteiger partial charge in [-0.1, -0.05) is 84.3 Å². The fourth-order valence-electron chi connectivity index (χ4n) is 9.39. The zero-order valence-electron chi connectivity index (χ0n) is 39.7. The lowest BCUT2D eigenvalue weighted by atomic mass is 9.49. The number of aromatic nitrogens is 1. The Morgan fingerprint density at radius 1 is 0.971 bits per heavy atom. The van der Waals surface area contributed by atoms with Gasteiger partial charge in [0, 0.05) is 66.9 Å². The van der Waals surface area contributed by atoms with E-state index >= 15 is 0 Å². The van der Waals surface area contributed by atoms with E-state index in [0.717, 1.165) is 41.0 Å². The van der Waals surface area contributed by atoms with Crippen molar-refractivity contribution in [3.63, 3.8) is 0 Å². The van der Waals surface area contributed by atoms with Crippen LogP contribution in [0.15, 0.2) is 72.2 Å². The first-order chi connectivity index (χ1) is 32.2. The summed E-state index contributed by atoms with van der Waals surface area (Å²) in [7, 11) is 0. The highest BCUT2D eigenvalue weighted by Crippen LogP contribution is 2.55. The van der Waals surface area contributed by atoms with Crippen LogP contribution in [0, 0.1) is 38.9 Å². The van der Waals surface area contributed by atoms with Crippen molar-refractivity contribution >= 4 is 52.3 Å². The Bertz CT molecular complexity index is 2510. The van der Waals surface area contributed by atoms with Crippen LogP contribution in [-0.2, 0) is 25.7 Å². The zero-order valence-corrected chi connectivity index (χ0v) is 41.2. The maximum atomic E-state index is 14.0. The first kappa shape index (κ1) is 51.4. The van der Waals surface area contributed by atoms with E-state index in [2.05, 4.69) is 66.1 Å². The van der Waals surface area contributed by atoms with Crippen LogP contribution >= 0.6 is 22.9 Å². The number of rotatable bonds is 19. The number of β-amino-alcohol motifs (C(OH)–C–C–N with tert-alkyl or cyclic N) is 1. The number of nitrogens with one attached hydrogen (secondary N) is 4. The smallest absolute Gasteiger partial charge is 0.251 e. The van der Waals surface area contributed by atoms with Gasteiger partial charge in [0.1, 0.15) is 42.7 Å². The van der Waals surface area contributed by atoms with Crippen LogP contribution in [0.4, 0.5) is 5.69 Å². The lowest BCUT2D eigenvalue weighted by Gasteiger charge is -2.63. The summed E-state index contributed by atoms with van der Waals surface area (Å²) in [5, 5.41) is 41.7. The molecule has 2 fully saturated rings. The van der Waals surface area contributed by atoms with Crippen LogP contribution in [0.1, 0.15) is 101 Å². The molecule has 2 heterocycles. The first-order valence-electron chi connectivity index (χ1n) is 22.8. The maximum absolute atomic E-state index is 14.0. The van der Waals surface area contributed by atoms with Crippen molar-refractivity contribution in [1.82, 2.24) is 25.8 Å². The molecule has 3 atom stereocenters. The summed E-state index contributed by atoms with van der Waals surface area (Å²) < 4.78 is 12.0. The highest BCUT2D eigenvalue weighted by Gasteiger charge is 2.64. The minimum Gasteiger partial charge on any atom is -0.489 e. The van der Waals surface area contributed by atoms with Crippen LogP contribution < -0.4 is 26.0 Å². The monoisotopic (exact) mass is 964 g/mol. The van der Waals surface area contributed by atoms with Crippen LogP contribution in [0.2, 0.25) is 5.02 Å². The third-order valence-electron chi connectivity index (χ3n) is 12.7. The minimum absolute atomic E-state index is 0.0338. The molecule has 5 N–H and O–H groups in total. The quantitative estimate of drug-likeness (QED) is 0.0591. The van der Waals surface area contributed by atoms with E-state index < -0.39 is 41.3 Å². The molecular formula is C51H61ClN8O7S. The number of likely N-dealkylation sites (tertiary alicyclic amines) is 1. The second-order valence-corrected chi connectivity index (χ2v) is 21.0. The molecule has 1 unspecified atom stereocenters. The highest BCUT2D eigenvalue weighted by molar-refractivity contribution is 7.13. The largest absolute Gasteiger partial charge is 0.489 e. The van der Waals surface area contributed by atoms with Crippen molar-refractivity contribution in [3.05, 3.63) is 99.6 Å². The molecule has 1 aromatic heterocycles. The number of halogens is 1. The number of carbonyl (C=O) groups is 4. The Balaban J connectivity index is 0.880. The highest BCUT2D eigenvalue weighted by atomic mass is 35.5. The number of unbranched alkanes of at least 4 members (excludes halogenated alkanes) is 2. The van der Waals surface area contributed by atoms with Gasteiger partial charge in [0.2, 0.25) is 17.7 Å². The molecule has 1 aliphatic heterocycles. The number of hydrogen-bond donors (Lipinski definition) is 5. The molecule has 15 nitrogen and oxygen atoms in total. The standard InChI is InChI=1S/C51H61ClN8O7S/c1-49(2,3)43(46(65)60-28-36(61)23-40(60)45(64)56-27-31-11-13-32(14-12-31)42-39(26-54)57-30-68-42)58-41(62)29-66-22-10-8-9-21-55-35-18-15-33(16-19-35)44(63)59-47-50(4,5)48(51(47,6)7)67-37-20-17-34(25-53)38(52)24-37/h11-20,24,30,36,40,43,47-48,55,61H,8-10,21-23,27-29H2,1-7H3,(H,56,64)(H,58,62)(H,59,63)/t36-,40+,43?,47?,48?/m1/s1. The van der Waals surface area contributed by atoms with Crippen molar-refractivity contribution in [2.24, 2.45) is 16.2 Å². The average molecular weight is 966 g/mol. The number of benzene rings is 3. The van der Waals surface area contributed by atoms with Gasteiger partial charge in [-0.3, -0.25) is 19.2 Å². The van der Waals surface area contributed by atoms with Crippen LogP contribution in [-0.4, -0.2) is 95.3 Å². The number of nitrogens with zero attached hydrogens (tertiary/aromatic N) is 4. The second-order valence-electron chi connectivity index (χ2n) is 19.7. The molecular weight excluding hydrogens is 904 g/mol. The van der Waals surface area contributed by atoms with E-state index in [9.17, 15) is 34.8 Å². The summed E-state index contributed by atoms with van der Waals surface area (Å²) >= 11 is 7.61. The number of ether oxygens (including phenoxy) is 2. The predicted molar refractivity (Wildman–Crippen MR) is 261 cm³/mol. The second kappa shape index (κ2) is 21.9. The molecule has 4 amide bonds. The fraction of sp³-hybridized carbons (Fsp3) is 0.471. The van der Waals surface area contributed by atoms with Gasteiger partial charge in [0.15, 0.2) is 5.69 Å². The topological polar surface area (TPSA) is 219 Å². The van der Waals surface area contributed by atoms with Crippen molar-refractivity contribution in [1.29, 1.82) is 10.5 Å². The van der Waals surface area contributed by atoms with Gasteiger partial charge in [-0.05, 0) is 72.2 Å². The summed E-state index contributed by atoms with van der Waals surface area (Å²) in [6, 6.07) is 21.9. The molecule has 68 heavy (non-hydrogen) atoms. The maximum Gasteiger partial charge on any atom is 0.251 e. The van der Waals surface area contributed by atoms with Gasteiger partial charge in [0.05, 0.1) is 27.1 Å². The molecule has 2 aliphatic rings. The summed E-state index contributed by atoms with van der Waals surface area (Å²) in [5.74, 6) is -0.906. The van der Waals surface area contributed by atoms with Gasteiger partial charge < -0.3 is 40.7 Å². The average Bonchev–Trinajstić information content (AvgIpc) is 3.95. The van der Waals surface area contributed by atoms with E-state index in [1.54, 1.807) is 35.8 Å². The number of carbonyl (C=O) groups excluding carboxylic acids is 4. The number of anilines is 1. The Morgan fingerprint density at radius 2 is 1.68 bits per heavy atom. The molecule has 0 radical (unpaired) electrons. The number of nitriles is 2. The van der Waals surface area contributed by atoms with Crippen molar-refractivity contribution < 1.29 is 33.8 Å². The number of amides is 4. The molecule has 3 aromatic carbocycles. The normalized spacial score (nSPS) is 19.7. The number of aliphatic hydroxyl groups excluding tert-OH is 1. The number of thiazole rings is 1.